The average molecular weight is 238 g/mol. The van der Waals surface area contributed by atoms with Gasteiger partial charge in [0, 0.05) is 0 Å². The first-order valence-corrected chi connectivity index (χ1v) is 4.75. The van der Waals surface area contributed by atoms with Gasteiger partial charge in [-0.3, -0.25) is 0 Å². The molecule has 0 saturated carbocycles. The number of ether oxygens (including phenoxy) is 1. The Balaban J connectivity index is 3.27. The monoisotopic (exact) mass is 238 g/mol. The predicted molar refractivity (Wildman–Crippen MR) is 56.3 cm³/mol. The lowest BCUT2D eigenvalue weighted by molar-refractivity contribution is 0.0513. The Bertz CT molecular complexity index is 477. The number of aromatic carboxylic acids is 2. The van der Waals surface area contributed by atoms with Crippen molar-refractivity contribution in [1.82, 2.24) is 0 Å². The van der Waals surface area contributed by atoms with Gasteiger partial charge in [0.1, 0.15) is 0 Å². The Morgan fingerprint density at radius 1 is 1.12 bits per heavy atom. The maximum Gasteiger partial charge on any atom is 0.338 e. The van der Waals surface area contributed by atoms with Crippen LogP contribution in [0.4, 0.5) is 0 Å². The molecule has 1 aromatic carbocycles. The van der Waals surface area contributed by atoms with Gasteiger partial charge in [-0.1, -0.05) is 0 Å². The molecule has 90 valence electrons. The summed E-state index contributed by atoms with van der Waals surface area (Å²) in [5, 5.41) is 17.6. The van der Waals surface area contributed by atoms with E-state index in [-0.39, 0.29) is 23.3 Å². The van der Waals surface area contributed by atoms with Gasteiger partial charge >= 0.3 is 17.9 Å². The lowest BCUT2D eigenvalue weighted by Gasteiger charge is -2.06. The summed E-state index contributed by atoms with van der Waals surface area (Å²) in [6, 6.07) is 3.21. The largest absolute Gasteiger partial charge is 0.478 e. The van der Waals surface area contributed by atoms with Crippen molar-refractivity contribution in [2.75, 3.05) is 6.61 Å². The van der Waals surface area contributed by atoms with Crippen LogP contribution in [0.15, 0.2) is 18.2 Å². The van der Waals surface area contributed by atoms with Crippen molar-refractivity contribution < 1.29 is 29.3 Å². The van der Waals surface area contributed by atoms with Crippen LogP contribution in [0.3, 0.4) is 0 Å². The number of rotatable bonds is 4. The molecular formula is C11H10O6. The summed E-state index contributed by atoms with van der Waals surface area (Å²) in [5.41, 5.74) is -0.747. The normalized spacial score (nSPS) is 9.71. The van der Waals surface area contributed by atoms with Crippen LogP contribution in [-0.4, -0.2) is 34.7 Å². The molecule has 6 nitrogen and oxygen atoms in total. The second-order valence-corrected chi connectivity index (χ2v) is 3.09. The first kappa shape index (κ1) is 12.7. The number of carbonyl (C=O) groups is 3. The topological polar surface area (TPSA) is 101 Å². The Morgan fingerprint density at radius 3 is 2.24 bits per heavy atom. The Labute approximate surface area is 96.4 Å². The predicted octanol–water partition coefficient (Wildman–Crippen LogP) is 1.26. The van der Waals surface area contributed by atoms with Crippen LogP contribution in [0.25, 0.3) is 0 Å². The van der Waals surface area contributed by atoms with Gasteiger partial charge in [0.25, 0.3) is 0 Å². The third-order valence-corrected chi connectivity index (χ3v) is 1.99. The third kappa shape index (κ3) is 2.81. The summed E-state index contributed by atoms with van der Waals surface area (Å²) in [6.45, 7) is 1.70. The number of benzene rings is 1. The van der Waals surface area contributed by atoms with E-state index in [9.17, 15) is 14.4 Å². The van der Waals surface area contributed by atoms with Crippen LogP contribution in [0.1, 0.15) is 38.0 Å². The molecule has 0 aromatic heterocycles. The summed E-state index contributed by atoms with van der Waals surface area (Å²) < 4.78 is 4.67. The van der Waals surface area contributed by atoms with Crippen molar-refractivity contribution >= 4 is 17.9 Å². The Morgan fingerprint density at radius 2 is 1.76 bits per heavy atom. The van der Waals surface area contributed by atoms with Crippen LogP contribution in [0.5, 0.6) is 0 Å². The zero-order valence-corrected chi connectivity index (χ0v) is 8.97. The van der Waals surface area contributed by atoms with Gasteiger partial charge in [0.2, 0.25) is 0 Å². The molecule has 2 N–H and O–H groups in total. The zero-order valence-electron chi connectivity index (χ0n) is 8.97. The second-order valence-electron chi connectivity index (χ2n) is 3.09. The van der Waals surface area contributed by atoms with Crippen molar-refractivity contribution in [2.45, 2.75) is 6.92 Å². The van der Waals surface area contributed by atoms with Gasteiger partial charge in [-0.25, -0.2) is 14.4 Å². The highest BCUT2D eigenvalue weighted by Crippen LogP contribution is 2.14. The molecule has 0 aliphatic carbocycles. The second kappa shape index (κ2) is 5.11. The van der Waals surface area contributed by atoms with E-state index in [4.69, 9.17) is 10.2 Å². The molecule has 0 heterocycles. The molecule has 0 atom stereocenters. The highest BCUT2D eigenvalue weighted by atomic mass is 16.5. The molecule has 0 fully saturated rings. The SMILES string of the molecule is CCOC(=O)c1ccc(C(=O)O)cc1C(=O)O. The van der Waals surface area contributed by atoms with Crippen LogP contribution < -0.4 is 0 Å². The molecule has 1 aromatic rings. The van der Waals surface area contributed by atoms with Crippen molar-refractivity contribution in [2.24, 2.45) is 0 Å². The van der Waals surface area contributed by atoms with E-state index in [1.54, 1.807) is 6.92 Å². The molecule has 6 heteroatoms. The van der Waals surface area contributed by atoms with E-state index in [1.165, 1.54) is 0 Å². The number of carboxylic acid groups (broad SMARTS) is 2. The van der Waals surface area contributed by atoms with E-state index >= 15 is 0 Å². The fraction of sp³-hybridized carbons (Fsp3) is 0.182. The fourth-order valence-corrected chi connectivity index (χ4v) is 1.24. The molecule has 0 spiro atoms. The fourth-order valence-electron chi connectivity index (χ4n) is 1.24. The number of carboxylic acids is 2. The minimum Gasteiger partial charge on any atom is -0.478 e. The molecule has 0 aliphatic heterocycles. The van der Waals surface area contributed by atoms with Gasteiger partial charge in [-0.05, 0) is 25.1 Å². The molecular weight excluding hydrogens is 228 g/mol. The smallest absolute Gasteiger partial charge is 0.338 e. The van der Waals surface area contributed by atoms with Crippen molar-refractivity contribution in [3.63, 3.8) is 0 Å². The van der Waals surface area contributed by atoms with E-state index in [2.05, 4.69) is 4.74 Å². The van der Waals surface area contributed by atoms with Gasteiger partial charge in [0.15, 0.2) is 0 Å². The molecule has 0 unspecified atom stereocenters. The Hall–Kier alpha value is -2.37. The molecule has 0 bridgehead atoms. The summed E-state index contributed by atoms with van der Waals surface area (Å²) in [6.07, 6.45) is 0. The third-order valence-electron chi connectivity index (χ3n) is 1.99. The number of carbonyl (C=O) groups excluding carboxylic acids is 1. The summed E-state index contributed by atoms with van der Waals surface area (Å²) in [4.78, 5) is 33.0. The maximum atomic E-state index is 11.4. The standard InChI is InChI=1S/C11H10O6/c1-2-17-11(16)7-4-3-6(9(12)13)5-8(7)10(14)15/h3-5H,2H2,1H3,(H,12,13)(H,14,15). The van der Waals surface area contributed by atoms with Gasteiger partial charge in [-0.15, -0.1) is 0 Å². The van der Waals surface area contributed by atoms with Crippen molar-refractivity contribution in [3.05, 3.63) is 34.9 Å². The first-order valence-electron chi connectivity index (χ1n) is 4.75. The zero-order chi connectivity index (χ0) is 13.0. The summed E-state index contributed by atoms with van der Waals surface area (Å²) >= 11 is 0. The van der Waals surface area contributed by atoms with Gasteiger partial charge < -0.3 is 14.9 Å². The van der Waals surface area contributed by atoms with Crippen molar-refractivity contribution in [1.29, 1.82) is 0 Å². The lowest BCUT2D eigenvalue weighted by atomic mass is 10.0. The van der Waals surface area contributed by atoms with E-state index in [0.29, 0.717) is 0 Å². The Kier molecular flexibility index (Phi) is 3.82. The van der Waals surface area contributed by atoms with Gasteiger partial charge in [-0.2, -0.15) is 0 Å². The molecule has 1 rings (SSSR count). The number of hydrogen-bond donors (Lipinski definition) is 2. The lowest BCUT2D eigenvalue weighted by Crippen LogP contribution is -2.13. The van der Waals surface area contributed by atoms with Crippen LogP contribution in [0.2, 0.25) is 0 Å². The van der Waals surface area contributed by atoms with Gasteiger partial charge in [0.05, 0.1) is 23.3 Å². The molecule has 0 saturated heterocycles. The van der Waals surface area contributed by atoms with Crippen LogP contribution >= 0.6 is 0 Å². The minimum atomic E-state index is -1.38. The van der Waals surface area contributed by atoms with E-state index in [0.717, 1.165) is 18.2 Å². The molecule has 0 amide bonds. The van der Waals surface area contributed by atoms with Crippen molar-refractivity contribution in [3.8, 4) is 0 Å². The van der Waals surface area contributed by atoms with E-state index < -0.39 is 17.9 Å². The highest BCUT2D eigenvalue weighted by molar-refractivity contribution is 6.04. The summed E-state index contributed by atoms with van der Waals surface area (Å²) in [7, 11) is 0. The molecule has 0 aliphatic rings. The number of hydrogen-bond acceptors (Lipinski definition) is 4. The van der Waals surface area contributed by atoms with E-state index in [1.807, 2.05) is 0 Å². The maximum absolute atomic E-state index is 11.4. The van der Waals surface area contributed by atoms with Crippen LogP contribution in [-0.2, 0) is 4.74 Å². The average Bonchev–Trinajstić information content (AvgIpc) is 2.28. The first-order chi connectivity index (χ1) is 7.97. The number of esters is 1. The molecule has 17 heavy (non-hydrogen) atoms. The minimum absolute atomic E-state index is 0.110. The highest BCUT2D eigenvalue weighted by Gasteiger charge is 2.19. The summed E-state index contributed by atoms with van der Waals surface area (Å²) in [5.74, 6) is -3.43. The quantitative estimate of drug-likeness (QED) is 0.766. The van der Waals surface area contributed by atoms with Crippen LogP contribution in [0, 0.1) is 0 Å². The molecule has 0 radical (unpaired) electrons.